The summed E-state index contributed by atoms with van der Waals surface area (Å²) in [4.78, 5) is 0. The van der Waals surface area contributed by atoms with Crippen molar-refractivity contribution in [3.05, 3.63) is 11.3 Å². The Balaban J connectivity index is 2.57. The number of aromatic nitrogens is 2. The van der Waals surface area contributed by atoms with Gasteiger partial charge < -0.3 is 15.2 Å². The van der Waals surface area contributed by atoms with Gasteiger partial charge >= 0.3 is 0 Å². The SMILES string of the molecule is COc1c(CNCC(O)C(C)C)c(C)nn1C. The molecule has 0 aliphatic rings. The van der Waals surface area contributed by atoms with Crippen molar-refractivity contribution in [1.29, 1.82) is 0 Å². The van der Waals surface area contributed by atoms with Gasteiger partial charge in [0.15, 0.2) is 0 Å². The van der Waals surface area contributed by atoms with Gasteiger partial charge in [-0.3, -0.25) is 0 Å². The van der Waals surface area contributed by atoms with Crippen molar-refractivity contribution in [3.8, 4) is 5.88 Å². The van der Waals surface area contributed by atoms with Gasteiger partial charge in [0, 0.05) is 20.1 Å². The van der Waals surface area contributed by atoms with Gasteiger partial charge in [-0.15, -0.1) is 0 Å². The number of nitrogens with one attached hydrogen (secondary N) is 1. The molecule has 0 fully saturated rings. The van der Waals surface area contributed by atoms with Crippen molar-refractivity contribution < 1.29 is 9.84 Å². The Morgan fingerprint density at radius 2 is 2.12 bits per heavy atom. The molecule has 1 heterocycles. The van der Waals surface area contributed by atoms with Crippen LogP contribution in [0.4, 0.5) is 0 Å². The average Bonchev–Trinajstić information content (AvgIpc) is 2.53. The zero-order chi connectivity index (χ0) is 13.0. The second-order valence-electron chi connectivity index (χ2n) is 4.64. The molecule has 0 saturated heterocycles. The molecule has 98 valence electrons. The second-order valence-corrected chi connectivity index (χ2v) is 4.64. The highest BCUT2D eigenvalue weighted by atomic mass is 16.5. The van der Waals surface area contributed by atoms with E-state index in [1.807, 2.05) is 27.8 Å². The second kappa shape index (κ2) is 6.02. The number of aliphatic hydroxyl groups excluding tert-OH is 1. The third-order valence-electron chi connectivity index (χ3n) is 2.91. The normalized spacial score (nSPS) is 13.1. The van der Waals surface area contributed by atoms with Crippen LogP contribution in [0.1, 0.15) is 25.1 Å². The Morgan fingerprint density at radius 3 is 2.65 bits per heavy atom. The number of hydrogen-bond acceptors (Lipinski definition) is 4. The summed E-state index contributed by atoms with van der Waals surface area (Å²) in [6, 6.07) is 0. The maximum atomic E-state index is 9.69. The minimum absolute atomic E-state index is 0.263. The molecule has 0 amide bonds. The third kappa shape index (κ3) is 3.44. The summed E-state index contributed by atoms with van der Waals surface area (Å²) < 4.78 is 7.03. The number of aryl methyl sites for hydroxylation is 2. The fraction of sp³-hybridized carbons (Fsp3) is 0.750. The largest absolute Gasteiger partial charge is 0.481 e. The van der Waals surface area contributed by atoms with Gasteiger partial charge in [0.25, 0.3) is 0 Å². The Morgan fingerprint density at radius 1 is 1.47 bits per heavy atom. The molecule has 0 aromatic carbocycles. The smallest absolute Gasteiger partial charge is 0.216 e. The van der Waals surface area contributed by atoms with E-state index in [0.29, 0.717) is 13.1 Å². The first-order valence-corrected chi connectivity index (χ1v) is 5.92. The van der Waals surface area contributed by atoms with E-state index in [1.54, 1.807) is 11.8 Å². The van der Waals surface area contributed by atoms with Gasteiger partial charge in [0.1, 0.15) is 0 Å². The van der Waals surface area contributed by atoms with E-state index in [9.17, 15) is 5.11 Å². The first-order valence-electron chi connectivity index (χ1n) is 5.92. The minimum atomic E-state index is -0.321. The monoisotopic (exact) mass is 241 g/mol. The Labute approximate surface area is 103 Å². The molecule has 0 spiro atoms. The predicted molar refractivity (Wildman–Crippen MR) is 67.0 cm³/mol. The van der Waals surface area contributed by atoms with Crippen LogP contribution in [0, 0.1) is 12.8 Å². The van der Waals surface area contributed by atoms with Crippen LogP contribution in [0.15, 0.2) is 0 Å². The topological polar surface area (TPSA) is 59.3 Å². The van der Waals surface area contributed by atoms with Gasteiger partial charge in [-0.05, 0) is 12.8 Å². The van der Waals surface area contributed by atoms with Gasteiger partial charge in [-0.2, -0.15) is 5.10 Å². The fourth-order valence-corrected chi connectivity index (χ4v) is 1.72. The highest BCUT2D eigenvalue weighted by molar-refractivity contribution is 5.30. The van der Waals surface area contributed by atoms with Crippen LogP contribution < -0.4 is 10.1 Å². The molecule has 5 heteroatoms. The fourth-order valence-electron chi connectivity index (χ4n) is 1.72. The van der Waals surface area contributed by atoms with Crippen LogP contribution in [0.5, 0.6) is 5.88 Å². The molecular formula is C12H23N3O2. The third-order valence-corrected chi connectivity index (χ3v) is 2.91. The maximum Gasteiger partial charge on any atom is 0.216 e. The van der Waals surface area contributed by atoms with Crippen LogP contribution in [0.25, 0.3) is 0 Å². The maximum absolute atomic E-state index is 9.69. The summed E-state index contributed by atoms with van der Waals surface area (Å²) in [5, 5.41) is 17.2. The summed E-state index contributed by atoms with van der Waals surface area (Å²) in [6.07, 6.45) is -0.321. The van der Waals surface area contributed by atoms with E-state index in [-0.39, 0.29) is 12.0 Å². The molecule has 0 aliphatic carbocycles. The first-order chi connectivity index (χ1) is 7.97. The average molecular weight is 241 g/mol. The molecule has 1 atom stereocenters. The van der Waals surface area contributed by atoms with Crippen LogP contribution in [-0.2, 0) is 13.6 Å². The van der Waals surface area contributed by atoms with Crippen LogP contribution >= 0.6 is 0 Å². The first kappa shape index (κ1) is 14.0. The summed E-state index contributed by atoms with van der Waals surface area (Å²) >= 11 is 0. The highest BCUT2D eigenvalue weighted by Gasteiger charge is 2.14. The van der Waals surface area contributed by atoms with Crippen molar-refractivity contribution >= 4 is 0 Å². The number of ether oxygens (including phenoxy) is 1. The lowest BCUT2D eigenvalue weighted by atomic mass is 10.1. The van der Waals surface area contributed by atoms with E-state index in [0.717, 1.165) is 17.1 Å². The standard InChI is InChI=1S/C12H23N3O2/c1-8(2)11(16)7-13-6-10-9(3)14-15(4)12(10)17-5/h8,11,13,16H,6-7H2,1-5H3. The number of methoxy groups -OCH3 is 1. The van der Waals surface area contributed by atoms with Gasteiger partial charge in [-0.1, -0.05) is 13.8 Å². The van der Waals surface area contributed by atoms with E-state index in [2.05, 4.69) is 10.4 Å². The Kier molecular flexibility index (Phi) is 4.96. The van der Waals surface area contributed by atoms with Crippen molar-refractivity contribution in [2.75, 3.05) is 13.7 Å². The molecule has 0 aliphatic heterocycles. The van der Waals surface area contributed by atoms with Crippen LogP contribution in [0.3, 0.4) is 0 Å². The summed E-state index contributed by atoms with van der Waals surface area (Å²) in [7, 11) is 3.50. The van der Waals surface area contributed by atoms with E-state index in [1.165, 1.54) is 0 Å². The van der Waals surface area contributed by atoms with Gasteiger partial charge in [0.05, 0.1) is 24.5 Å². The number of nitrogens with zero attached hydrogens (tertiary/aromatic N) is 2. The molecule has 1 aromatic heterocycles. The molecule has 2 N–H and O–H groups in total. The lowest BCUT2D eigenvalue weighted by Gasteiger charge is -2.15. The molecule has 17 heavy (non-hydrogen) atoms. The molecule has 0 radical (unpaired) electrons. The molecule has 1 rings (SSSR count). The number of aliphatic hydroxyl groups is 1. The lowest BCUT2D eigenvalue weighted by molar-refractivity contribution is 0.123. The zero-order valence-electron chi connectivity index (χ0n) is 11.3. The highest BCUT2D eigenvalue weighted by Crippen LogP contribution is 2.20. The summed E-state index contributed by atoms with van der Waals surface area (Å²) in [5.41, 5.74) is 2.00. The zero-order valence-corrected chi connectivity index (χ0v) is 11.3. The van der Waals surface area contributed by atoms with Gasteiger partial charge in [-0.25, -0.2) is 4.68 Å². The van der Waals surface area contributed by atoms with Gasteiger partial charge in [0.2, 0.25) is 5.88 Å². The van der Waals surface area contributed by atoms with E-state index < -0.39 is 0 Å². The van der Waals surface area contributed by atoms with Crippen molar-refractivity contribution in [2.45, 2.75) is 33.4 Å². The summed E-state index contributed by atoms with van der Waals surface area (Å²) in [5.74, 6) is 1.04. The lowest BCUT2D eigenvalue weighted by Crippen LogP contribution is -2.30. The van der Waals surface area contributed by atoms with Crippen molar-refractivity contribution in [2.24, 2.45) is 13.0 Å². The Bertz CT molecular complexity index is 361. The quantitative estimate of drug-likeness (QED) is 0.775. The number of hydrogen-bond donors (Lipinski definition) is 2. The molecular weight excluding hydrogens is 218 g/mol. The van der Waals surface area contributed by atoms with Crippen LogP contribution in [-0.4, -0.2) is 34.6 Å². The van der Waals surface area contributed by atoms with Crippen LogP contribution in [0.2, 0.25) is 0 Å². The van der Waals surface area contributed by atoms with E-state index in [4.69, 9.17) is 4.74 Å². The summed E-state index contributed by atoms with van der Waals surface area (Å²) in [6.45, 7) is 7.20. The Hall–Kier alpha value is -1.07. The molecule has 0 bridgehead atoms. The molecule has 0 saturated carbocycles. The number of rotatable bonds is 6. The minimum Gasteiger partial charge on any atom is -0.481 e. The van der Waals surface area contributed by atoms with E-state index >= 15 is 0 Å². The molecule has 1 aromatic rings. The van der Waals surface area contributed by atoms with Crippen molar-refractivity contribution in [1.82, 2.24) is 15.1 Å². The van der Waals surface area contributed by atoms with Crippen molar-refractivity contribution in [3.63, 3.8) is 0 Å². The predicted octanol–water partition coefficient (Wildman–Crippen LogP) is 0.844. The molecule has 5 nitrogen and oxygen atoms in total. The molecule has 1 unspecified atom stereocenters.